The summed E-state index contributed by atoms with van der Waals surface area (Å²) in [6, 6.07) is 7.82. The maximum Gasteiger partial charge on any atom is 0.308 e. The molecule has 20 heavy (non-hydrogen) atoms. The molecule has 0 spiro atoms. The normalized spacial score (nSPS) is 11.9. The number of aliphatic carboxylic acids is 1. The third-order valence-corrected chi connectivity index (χ3v) is 3.52. The van der Waals surface area contributed by atoms with Crippen LogP contribution in [0.4, 0.5) is 5.95 Å². The lowest BCUT2D eigenvalue weighted by Crippen LogP contribution is -2.20. The zero-order valence-electron chi connectivity index (χ0n) is 10.9. The summed E-state index contributed by atoms with van der Waals surface area (Å²) in [6.07, 6.45) is 3.42. The highest BCUT2D eigenvalue weighted by atomic mass is 79.9. The van der Waals surface area contributed by atoms with Crippen LogP contribution in [0.5, 0.6) is 0 Å². The van der Waals surface area contributed by atoms with Crippen LogP contribution in [0.25, 0.3) is 11.1 Å². The van der Waals surface area contributed by atoms with E-state index in [2.05, 4.69) is 31.2 Å². The van der Waals surface area contributed by atoms with Gasteiger partial charge in [-0.1, -0.05) is 41.1 Å². The molecule has 1 atom stereocenters. The topological polar surface area (TPSA) is 75.1 Å². The summed E-state index contributed by atoms with van der Waals surface area (Å²) in [6.45, 7) is 1.93. The number of rotatable bonds is 5. The number of carboxylic acids is 1. The molecule has 0 radical (unpaired) electrons. The van der Waals surface area contributed by atoms with Crippen molar-refractivity contribution in [3.63, 3.8) is 0 Å². The zero-order valence-corrected chi connectivity index (χ0v) is 12.5. The van der Waals surface area contributed by atoms with Crippen LogP contribution in [0.2, 0.25) is 0 Å². The van der Waals surface area contributed by atoms with Gasteiger partial charge >= 0.3 is 5.97 Å². The largest absolute Gasteiger partial charge is 0.481 e. The monoisotopic (exact) mass is 335 g/mol. The molecule has 0 saturated heterocycles. The van der Waals surface area contributed by atoms with Crippen molar-refractivity contribution in [1.82, 2.24) is 9.97 Å². The predicted molar refractivity (Wildman–Crippen MR) is 80.5 cm³/mol. The summed E-state index contributed by atoms with van der Waals surface area (Å²) in [5.41, 5.74) is 1.91. The van der Waals surface area contributed by atoms with Crippen molar-refractivity contribution in [2.24, 2.45) is 5.92 Å². The van der Waals surface area contributed by atoms with Crippen LogP contribution in [-0.2, 0) is 4.79 Å². The maximum absolute atomic E-state index is 10.7. The Morgan fingerprint density at radius 2 is 2.00 bits per heavy atom. The quantitative estimate of drug-likeness (QED) is 0.878. The van der Waals surface area contributed by atoms with Crippen molar-refractivity contribution in [1.29, 1.82) is 0 Å². The molecule has 0 aliphatic heterocycles. The van der Waals surface area contributed by atoms with Gasteiger partial charge in [0.05, 0.1) is 5.92 Å². The van der Waals surface area contributed by atoms with Crippen molar-refractivity contribution in [3.05, 3.63) is 41.1 Å². The predicted octanol–water partition coefficient (Wildman–Crippen LogP) is 3.04. The Bertz CT molecular complexity index is 602. The molecule has 0 fully saturated rings. The Morgan fingerprint density at radius 1 is 1.35 bits per heavy atom. The van der Waals surface area contributed by atoms with E-state index in [-0.39, 0.29) is 0 Å². The Labute approximate surface area is 125 Å². The van der Waals surface area contributed by atoms with Gasteiger partial charge in [-0.2, -0.15) is 0 Å². The van der Waals surface area contributed by atoms with Gasteiger partial charge in [0, 0.05) is 29.0 Å². The van der Waals surface area contributed by atoms with Gasteiger partial charge in [0.15, 0.2) is 0 Å². The molecule has 0 bridgehead atoms. The second-order valence-electron chi connectivity index (χ2n) is 4.40. The van der Waals surface area contributed by atoms with E-state index in [1.807, 2.05) is 24.3 Å². The molecule has 2 rings (SSSR count). The molecular weight excluding hydrogens is 322 g/mol. The first-order valence-electron chi connectivity index (χ1n) is 6.11. The second kappa shape index (κ2) is 6.47. The van der Waals surface area contributed by atoms with Gasteiger partial charge in [-0.15, -0.1) is 0 Å². The molecule has 0 aliphatic rings. The smallest absolute Gasteiger partial charge is 0.308 e. The van der Waals surface area contributed by atoms with Crippen molar-refractivity contribution in [2.45, 2.75) is 6.92 Å². The highest BCUT2D eigenvalue weighted by Gasteiger charge is 2.11. The van der Waals surface area contributed by atoms with Crippen molar-refractivity contribution < 1.29 is 9.90 Å². The van der Waals surface area contributed by atoms with Crippen LogP contribution in [0.1, 0.15) is 6.92 Å². The third kappa shape index (κ3) is 3.54. The van der Waals surface area contributed by atoms with Crippen LogP contribution < -0.4 is 5.32 Å². The summed E-state index contributed by atoms with van der Waals surface area (Å²) >= 11 is 3.48. The van der Waals surface area contributed by atoms with E-state index in [1.54, 1.807) is 19.3 Å². The zero-order chi connectivity index (χ0) is 14.5. The van der Waals surface area contributed by atoms with Gasteiger partial charge in [-0.05, 0) is 11.6 Å². The molecule has 1 aromatic carbocycles. The van der Waals surface area contributed by atoms with Crippen LogP contribution in [0.3, 0.4) is 0 Å². The van der Waals surface area contributed by atoms with E-state index in [4.69, 9.17) is 5.11 Å². The number of benzene rings is 1. The van der Waals surface area contributed by atoms with Crippen LogP contribution in [0, 0.1) is 5.92 Å². The first kappa shape index (κ1) is 14.5. The number of aromatic nitrogens is 2. The number of hydrogen-bond acceptors (Lipinski definition) is 4. The van der Waals surface area contributed by atoms with Crippen molar-refractivity contribution in [2.75, 3.05) is 11.9 Å². The number of nitrogens with one attached hydrogen (secondary N) is 1. The summed E-state index contributed by atoms with van der Waals surface area (Å²) in [5.74, 6) is -0.905. The average Bonchev–Trinajstić information content (AvgIpc) is 2.46. The van der Waals surface area contributed by atoms with Gasteiger partial charge in [0.25, 0.3) is 0 Å². The Balaban J connectivity index is 2.07. The fourth-order valence-corrected chi connectivity index (χ4v) is 2.10. The summed E-state index contributed by atoms with van der Waals surface area (Å²) in [4.78, 5) is 19.1. The van der Waals surface area contributed by atoms with Gasteiger partial charge in [-0.25, -0.2) is 9.97 Å². The minimum Gasteiger partial charge on any atom is -0.481 e. The number of hydrogen-bond donors (Lipinski definition) is 2. The number of halogens is 1. The molecule has 2 aromatic rings. The minimum absolute atomic E-state index is 0.295. The van der Waals surface area contributed by atoms with Gasteiger partial charge in [0.1, 0.15) is 0 Å². The van der Waals surface area contributed by atoms with E-state index in [0.29, 0.717) is 12.5 Å². The first-order valence-corrected chi connectivity index (χ1v) is 6.91. The lowest BCUT2D eigenvalue weighted by Gasteiger charge is -2.09. The lowest BCUT2D eigenvalue weighted by molar-refractivity contribution is -0.140. The molecule has 2 N–H and O–H groups in total. The lowest BCUT2D eigenvalue weighted by atomic mass is 10.1. The third-order valence-electron chi connectivity index (χ3n) is 2.82. The maximum atomic E-state index is 10.7. The molecule has 1 aromatic heterocycles. The van der Waals surface area contributed by atoms with Gasteiger partial charge in [-0.3, -0.25) is 4.79 Å². The average molecular weight is 336 g/mol. The fraction of sp³-hybridized carbons (Fsp3) is 0.214. The highest BCUT2D eigenvalue weighted by Crippen LogP contribution is 2.26. The van der Waals surface area contributed by atoms with E-state index < -0.39 is 11.9 Å². The molecule has 104 valence electrons. The Kier molecular flexibility index (Phi) is 4.68. The molecule has 5 nitrogen and oxygen atoms in total. The molecule has 0 saturated carbocycles. The van der Waals surface area contributed by atoms with Gasteiger partial charge in [0.2, 0.25) is 5.95 Å². The molecule has 0 aliphatic carbocycles. The van der Waals surface area contributed by atoms with Crippen LogP contribution in [0.15, 0.2) is 41.1 Å². The SMILES string of the molecule is CC(CNc1ncc(-c2ccccc2Br)cn1)C(=O)O. The molecule has 1 unspecified atom stereocenters. The van der Waals surface area contributed by atoms with Gasteiger partial charge < -0.3 is 10.4 Å². The van der Waals surface area contributed by atoms with Crippen LogP contribution >= 0.6 is 15.9 Å². The van der Waals surface area contributed by atoms with E-state index in [0.717, 1.165) is 15.6 Å². The van der Waals surface area contributed by atoms with Crippen molar-refractivity contribution in [3.8, 4) is 11.1 Å². The van der Waals surface area contributed by atoms with Crippen molar-refractivity contribution >= 4 is 27.8 Å². The Hall–Kier alpha value is -1.95. The molecule has 0 amide bonds. The summed E-state index contributed by atoms with van der Waals surface area (Å²) in [5, 5.41) is 11.7. The summed E-state index contributed by atoms with van der Waals surface area (Å²) in [7, 11) is 0. The fourth-order valence-electron chi connectivity index (χ4n) is 1.59. The second-order valence-corrected chi connectivity index (χ2v) is 5.25. The number of nitrogens with zero attached hydrogens (tertiary/aromatic N) is 2. The van der Waals surface area contributed by atoms with E-state index >= 15 is 0 Å². The first-order chi connectivity index (χ1) is 9.58. The molecule has 1 heterocycles. The molecule has 6 heteroatoms. The minimum atomic E-state index is -0.845. The molecular formula is C14H14BrN3O2. The van der Waals surface area contributed by atoms with E-state index in [9.17, 15) is 4.79 Å². The number of carbonyl (C=O) groups is 1. The Morgan fingerprint density at radius 3 is 2.60 bits per heavy atom. The number of carboxylic acid groups (broad SMARTS) is 1. The number of anilines is 1. The highest BCUT2D eigenvalue weighted by molar-refractivity contribution is 9.10. The standard InChI is InChI=1S/C14H14BrN3O2/c1-9(13(19)20)6-16-14-17-7-10(8-18-14)11-4-2-3-5-12(11)15/h2-5,7-9H,6H2,1H3,(H,19,20)(H,16,17,18). The van der Waals surface area contributed by atoms with E-state index in [1.165, 1.54) is 0 Å². The summed E-state index contributed by atoms with van der Waals surface area (Å²) < 4.78 is 0.976. The van der Waals surface area contributed by atoms with Crippen LogP contribution in [-0.4, -0.2) is 27.6 Å².